The van der Waals surface area contributed by atoms with Crippen LogP contribution in [0.15, 0.2) is 206 Å². The summed E-state index contributed by atoms with van der Waals surface area (Å²) in [6.45, 7) is 2.32. The molecule has 9 aromatic rings. The van der Waals surface area contributed by atoms with Crippen molar-refractivity contribution in [3.8, 4) is 55.6 Å². The molecule has 0 heteroatoms. The molecule has 14 rings (SSSR count). The van der Waals surface area contributed by atoms with Gasteiger partial charge in [0.15, 0.2) is 0 Å². The summed E-state index contributed by atoms with van der Waals surface area (Å²) in [7, 11) is 0. The summed E-state index contributed by atoms with van der Waals surface area (Å²) in [6.07, 6.45) is 19.9. The van der Waals surface area contributed by atoms with Crippen molar-refractivity contribution < 1.29 is 0 Å². The van der Waals surface area contributed by atoms with Crippen molar-refractivity contribution in [2.45, 2.75) is 25.2 Å². The molecule has 298 valence electrons. The van der Waals surface area contributed by atoms with Gasteiger partial charge >= 0.3 is 0 Å². The Balaban J connectivity index is 1.17. The van der Waals surface area contributed by atoms with Crippen molar-refractivity contribution >= 4 is 44.3 Å². The van der Waals surface area contributed by atoms with Crippen LogP contribution < -0.4 is 5.22 Å². The second kappa shape index (κ2) is 13.6. The fraction of sp³-hybridized carbons (Fsp3) is 0.0625. The molecule has 0 bridgehead atoms. The molecule has 64 heavy (non-hydrogen) atoms. The topological polar surface area (TPSA) is 0 Å². The third-order valence-corrected chi connectivity index (χ3v) is 14.9. The predicted molar refractivity (Wildman–Crippen MR) is 271 cm³/mol. The minimum atomic E-state index is 0.202. The van der Waals surface area contributed by atoms with E-state index < -0.39 is 0 Å². The quantitative estimate of drug-likeness (QED) is 0.162. The summed E-state index contributed by atoms with van der Waals surface area (Å²) in [5.41, 5.74) is 26.7. The average molecular weight is 811 g/mol. The van der Waals surface area contributed by atoms with Gasteiger partial charge in [0, 0.05) is 11.8 Å². The molecule has 0 saturated heterocycles. The molecule has 5 aliphatic rings. The Bertz CT molecular complexity index is 3710. The lowest BCUT2D eigenvalue weighted by Crippen LogP contribution is -2.26. The summed E-state index contributed by atoms with van der Waals surface area (Å²) in [5, 5.41) is 6.86. The standard InChI is InChI=1S/C64H42/c1-38-28-29-44(39-20-10-4-11-21-39)56-47-32-34-49-60-52(43-26-16-7-17-27-43)37-54-58-46(41-22-12-5-13-23-41)31-30-45(40-18-8-2-3-9-19-40)57(58)48-33-35-50(64(60)62(48)54)59-51(42-24-14-6-15-25-42)36-53(55(38)56)61(47)63(49)59/h2-8,10-37,47,61H,9H2,1H3. The minimum absolute atomic E-state index is 0.202. The lowest BCUT2D eigenvalue weighted by atomic mass is 9.70. The average Bonchev–Trinajstić information content (AvgIpc) is 3.73. The summed E-state index contributed by atoms with van der Waals surface area (Å²) < 4.78 is 0. The summed E-state index contributed by atoms with van der Waals surface area (Å²) in [5.74, 6) is 0.429. The van der Waals surface area contributed by atoms with Crippen LogP contribution in [0.1, 0.15) is 57.2 Å². The molecule has 0 aromatic heterocycles. The Morgan fingerprint density at radius 3 is 1.83 bits per heavy atom. The normalized spacial score (nSPS) is 17.0. The van der Waals surface area contributed by atoms with Crippen LogP contribution in [-0.4, -0.2) is 0 Å². The van der Waals surface area contributed by atoms with Crippen LogP contribution in [-0.2, 0) is 0 Å². The van der Waals surface area contributed by atoms with E-state index in [4.69, 9.17) is 0 Å². The summed E-state index contributed by atoms with van der Waals surface area (Å²) >= 11 is 0. The number of hydrogen-bond donors (Lipinski definition) is 0. The third kappa shape index (κ3) is 4.89. The second-order valence-electron chi connectivity index (χ2n) is 18.1. The fourth-order valence-corrected chi connectivity index (χ4v) is 12.4. The molecule has 0 nitrogen and oxygen atoms in total. The van der Waals surface area contributed by atoms with E-state index in [0.717, 1.165) is 6.42 Å². The van der Waals surface area contributed by atoms with Gasteiger partial charge < -0.3 is 0 Å². The zero-order valence-electron chi connectivity index (χ0n) is 35.6. The predicted octanol–water partition coefficient (Wildman–Crippen LogP) is 16.1. The first-order valence-electron chi connectivity index (χ1n) is 22.8. The van der Waals surface area contributed by atoms with Crippen LogP contribution in [0, 0.1) is 6.92 Å². The van der Waals surface area contributed by atoms with E-state index in [-0.39, 0.29) is 11.8 Å². The van der Waals surface area contributed by atoms with Gasteiger partial charge in [-0.3, -0.25) is 0 Å². The van der Waals surface area contributed by atoms with Gasteiger partial charge in [0.05, 0.1) is 0 Å². The number of rotatable bonds is 5. The van der Waals surface area contributed by atoms with Crippen LogP contribution in [0.2, 0.25) is 0 Å². The van der Waals surface area contributed by atoms with E-state index in [0.29, 0.717) is 0 Å². The van der Waals surface area contributed by atoms with Crippen LogP contribution in [0.25, 0.3) is 100.0 Å². The maximum absolute atomic E-state index is 2.60. The van der Waals surface area contributed by atoms with Crippen molar-refractivity contribution in [3.05, 3.63) is 250 Å². The molecular formula is C64H42. The lowest BCUT2D eigenvalue weighted by molar-refractivity contribution is 0.777. The van der Waals surface area contributed by atoms with E-state index in [1.165, 1.54) is 138 Å². The second-order valence-corrected chi connectivity index (χ2v) is 18.1. The first-order chi connectivity index (χ1) is 31.7. The van der Waals surface area contributed by atoms with E-state index in [1.807, 2.05) is 0 Å². The summed E-state index contributed by atoms with van der Waals surface area (Å²) in [6, 6.07) is 61.5. The van der Waals surface area contributed by atoms with Gasteiger partial charge in [-0.1, -0.05) is 200 Å². The fourth-order valence-electron chi connectivity index (χ4n) is 12.4. The van der Waals surface area contributed by atoms with E-state index in [1.54, 1.807) is 0 Å². The first kappa shape index (κ1) is 35.8. The highest BCUT2D eigenvalue weighted by Crippen LogP contribution is 2.62. The van der Waals surface area contributed by atoms with Gasteiger partial charge in [-0.05, 0) is 164 Å². The largest absolute Gasteiger partial charge is 0.0807 e. The molecule has 0 spiro atoms. The molecule has 2 atom stereocenters. The molecule has 9 aromatic carbocycles. The number of allylic oxidation sites excluding steroid dienone is 9. The van der Waals surface area contributed by atoms with E-state index in [2.05, 4.69) is 219 Å². The third-order valence-electron chi connectivity index (χ3n) is 14.9. The van der Waals surface area contributed by atoms with Gasteiger partial charge in [-0.15, -0.1) is 0 Å². The van der Waals surface area contributed by atoms with Crippen LogP contribution in [0.3, 0.4) is 0 Å². The molecule has 2 unspecified atom stereocenters. The Morgan fingerprint density at radius 1 is 0.469 bits per heavy atom. The minimum Gasteiger partial charge on any atom is -0.0807 e. The van der Waals surface area contributed by atoms with Crippen molar-refractivity contribution in [1.82, 2.24) is 0 Å². The van der Waals surface area contributed by atoms with Gasteiger partial charge in [0.25, 0.3) is 0 Å². The first-order valence-corrected chi connectivity index (χ1v) is 22.8. The number of hydrogen-bond acceptors (Lipinski definition) is 0. The number of aryl methyl sites for hydroxylation is 1. The molecule has 0 heterocycles. The Hall–Kier alpha value is -7.80. The number of benzene rings is 9. The molecule has 0 N–H and O–H groups in total. The highest BCUT2D eigenvalue weighted by Gasteiger charge is 2.45. The Labute approximate surface area is 373 Å². The van der Waals surface area contributed by atoms with Gasteiger partial charge in [0.2, 0.25) is 0 Å². The molecular weight excluding hydrogens is 769 g/mol. The smallest absolute Gasteiger partial charge is 0.0212 e. The zero-order valence-corrected chi connectivity index (χ0v) is 35.6. The highest BCUT2D eigenvalue weighted by molar-refractivity contribution is 6.32. The maximum atomic E-state index is 2.60. The molecule has 0 fully saturated rings. The van der Waals surface area contributed by atoms with Gasteiger partial charge in [0.1, 0.15) is 0 Å². The molecule has 0 aliphatic heterocycles. The highest BCUT2D eigenvalue weighted by atomic mass is 14.5. The molecule has 5 aliphatic carbocycles. The van der Waals surface area contributed by atoms with Gasteiger partial charge in [-0.25, -0.2) is 0 Å². The maximum Gasteiger partial charge on any atom is 0.0212 e. The molecule has 0 amide bonds. The van der Waals surface area contributed by atoms with Crippen LogP contribution in [0.4, 0.5) is 0 Å². The lowest BCUT2D eigenvalue weighted by Gasteiger charge is -2.33. The van der Waals surface area contributed by atoms with Crippen molar-refractivity contribution in [2.75, 3.05) is 0 Å². The van der Waals surface area contributed by atoms with Crippen LogP contribution >= 0.6 is 0 Å². The van der Waals surface area contributed by atoms with Crippen LogP contribution in [0.5, 0.6) is 0 Å². The van der Waals surface area contributed by atoms with E-state index >= 15 is 0 Å². The van der Waals surface area contributed by atoms with Gasteiger partial charge in [-0.2, -0.15) is 0 Å². The Morgan fingerprint density at radius 2 is 1.09 bits per heavy atom. The van der Waals surface area contributed by atoms with E-state index in [9.17, 15) is 0 Å². The zero-order chi connectivity index (χ0) is 42.0. The number of fused-ring (bicyclic) bond motifs is 8. The SMILES string of the molecule is Cc1ccc(-c2ccccc2)c2c1C1=CC(c3ccccc3)=c3c4c(c5c(-c6ccccc6)cc6c7c(ccc3c75)-c3c(C5=CCC=CC=C5)ccc(-c5ccccc5)c3-6)C=CC2C14. The summed E-state index contributed by atoms with van der Waals surface area (Å²) in [4.78, 5) is 0. The van der Waals surface area contributed by atoms with Crippen molar-refractivity contribution in [1.29, 1.82) is 0 Å². The Kier molecular flexibility index (Phi) is 7.60. The molecule has 0 radical (unpaired) electrons. The molecule has 0 saturated carbocycles. The van der Waals surface area contributed by atoms with Crippen molar-refractivity contribution in [2.24, 2.45) is 0 Å². The van der Waals surface area contributed by atoms with Crippen molar-refractivity contribution in [3.63, 3.8) is 0 Å². The monoisotopic (exact) mass is 810 g/mol.